The number of unbranched alkanes of at least 4 members (excludes halogenated alkanes) is 3. The third-order valence-electron chi connectivity index (χ3n) is 6.37. The van der Waals surface area contributed by atoms with Crippen molar-refractivity contribution in [2.24, 2.45) is 0 Å². The van der Waals surface area contributed by atoms with Gasteiger partial charge in [0.15, 0.2) is 5.78 Å². The van der Waals surface area contributed by atoms with Crippen LogP contribution in [0.5, 0.6) is 0 Å². The van der Waals surface area contributed by atoms with Gasteiger partial charge in [-0.25, -0.2) is 0 Å². The van der Waals surface area contributed by atoms with Gasteiger partial charge < -0.3 is 5.11 Å². The highest BCUT2D eigenvalue weighted by Crippen LogP contribution is 2.41. The van der Waals surface area contributed by atoms with Gasteiger partial charge in [-0.1, -0.05) is 79.6 Å². The van der Waals surface area contributed by atoms with Crippen LogP contribution in [0.1, 0.15) is 48.9 Å². The molecule has 0 fully saturated rings. The van der Waals surface area contributed by atoms with Crippen LogP contribution in [0.3, 0.4) is 0 Å². The van der Waals surface area contributed by atoms with Crippen LogP contribution in [0, 0.1) is 0 Å². The molecule has 0 aromatic heterocycles. The van der Waals surface area contributed by atoms with Crippen molar-refractivity contribution < 1.29 is 14.7 Å². The lowest BCUT2D eigenvalue weighted by atomic mass is 9.87. The van der Waals surface area contributed by atoms with Gasteiger partial charge in [0, 0.05) is 18.4 Å². The Labute approximate surface area is 180 Å². The van der Waals surface area contributed by atoms with Crippen molar-refractivity contribution in [1.29, 1.82) is 0 Å². The quantitative estimate of drug-likeness (QED) is 0.126. The fraction of sp³-hybridized carbons (Fsp3) is 0.214. The van der Waals surface area contributed by atoms with Crippen molar-refractivity contribution in [1.82, 2.24) is 0 Å². The fourth-order valence-electron chi connectivity index (χ4n) is 4.94. The minimum atomic E-state index is -0.753. The third-order valence-corrected chi connectivity index (χ3v) is 6.37. The molecule has 0 aliphatic carbocycles. The van der Waals surface area contributed by atoms with Crippen LogP contribution < -0.4 is 0 Å². The number of ketones is 1. The van der Waals surface area contributed by atoms with Crippen LogP contribution in [-0.4, -0.2) is 16.9 Å². The highest BCUT2D eigenvalue weighted by Gasteiger charge is 2.16. The maximum atomic E-state index is 13.1. The molecule has 0 saturated carbocycles. The topological polar surface area (TPSA) is 54.4 Å². The highest BCUT2D eigenvalue weighted by atomic mass is 16.4. The van der Waals surface area contributed by atoms with Gasteiger partial charge in [0.25, 0.3) is 0 Å². The van der Waals surface area contributed by atoms with Gasteiger partial charge in [-0.2, -0.15) is 0 Å². The number of carbonyl (C=O) groups is 2. The van der Waals surface area contributed by atoms with Gasteiger partial charge in [0.1, 0.15) is 0 Å². The average molecular weight is 408 g/mol. The molecular formula is C28H24O3. The van der Waals surface area contributed by atoms with E-state index in [1.54, 1.807) is 0 Å². The zero-order valence-corrected chi connectivity index (χ0v) is 17.4. The molecule has 0 bridgehead atoms. The molecule has 1 N–H and O–H groups in total. The van der Waals surface area contributed by atoms with E-state index < -0.39 is 5.97 Å². The third kappa shape index (κ3) is 3.40. The fourth-order valence-corrected chi connectivity index (χ4v) is 4.94. The molecule has 0 saturated heterocycles. The Hall–Kier alpha value is -3.46. The second kappa shape index (κ2) is 7.99. The molecular weight excluding hydrogens is 384 g/mol. The molecule has 0 amide bonds. The summed E-state index contributed by atoms with van der Waals surface area (Å²) in [5.41, 5.74) is 0.790. The van der Waals surface area contributed by atoms with Crippen LogP contribution in [0.2, 0.25) is 0 Å². The molecule has 0 spiro atoms. The van der Waals surface area contributed by atoms with Gasteiger partial charge in [0.2, 0.25) is 0 Å². The summed E-state index contributed by atoms with van der Waals surface area (Å²) >= 11 is 0. The molecule has 0 atom stereocenters. The van der Waals surface area contributed by atoms with Gasteiger partial charge in [-0.15, -0.1) is 0 Å². The Morgan fingerprint density at radius 3 is 1.81 bits per heavy atom. The first-order chi connectivity index (χ1) is 15.1. The largest absolute Gasteiger partial charge is 0.481 e. The Bertz CT molecular complexity index is 1380. The second-order valence-corrected chi connectivity index (χ2v) is 8.33. The number of carboxylic acids is 1. The number of fused-ring (bicyclic) bond motifs is 2. The summed E-state index contributed by atoms with van der Waals surface area (Å²) in [7, 11) is 0. The van der Waals surface area contributed by atoms with Gasteiger partial charge >= 0.3 is 5.97 Å². The van der Waals surface area contributed by atoms with E-state index in [0.29, 0.717) is 12.8 Å². The summed E-state index contributed by atoms with van der Waals surface area (Å²) in [6, 6.07) is 23.2. The molecule has 5 aromatic rings. The maximum absolute atomic E-state index is 13.1. The van der Waals surface area contributed by atoms with E-state index in [0.717, 1.165) is 30.2 Å². The van der Waals surface area contributed by atoms with Gasteiger partial charge in [0.05, 0.1) is 0 Å². The molecule has 0 aliphatic rings. The van der Waals surface area contributed by atoms with E-state index in [9.17, 15) is 9.59 Å². The SMILES string of the molecule is O=C(O)CCCCCCC(=O)c1ccc2c3cccc4cccc(c5cccc1c52)c43. The second-order valence-electron chi connectivity index (χ2n) is 8.33. The lowest BCUT2D eigenvalue weighted by Gasteiger charge is -2.16. The molecule has 31 heavy (non-hydrogen) atoms. The van der Waals surface area contributed by atoms with Crippen molar-refractivity contribution >= 4 is 54.8 Å². The summed E-state index contributed by atoms with van der Waals surface area (Å²) in [5, 5.41) is 18.3. The average Bonchev–Trinajstić information content (AvgIpc) is 2.79. The van der Waals surface area contributed by atoms with E-state index in [-0.39, 0.29) is 12.2 Å². The normalized spacial score (nSPS) is 11.7. The van der Waals surface area contributed by atoms with E-state index in [2.05, 4.69) is 60.7 Å². The smallest absolute Gasteiger partial charge is 0.303 e. The number of hydrogen-bond acceptors (Lipinski definition) is 2. The minimum Gasteiger partial charge on any atom is -0.481 e. The van der Waals surface area contributed by atoms with E-state index in [1.807, 2.05) is 6.07 Å². The number of rotatable bonds is 8. The van der Waals surface area contributed by atoms with Crippen LogP contribution in [0.15, 0.2) is 66.7 Å². The number of carbonyl (C=O) groups excluding carboxylic acids is 1. The number of hydrogen-bond donors (Lipinski definition) is 1. The van der Waals surface area contributed by atoms with Crippen LogP contribution in [0.4, 0.5) is 0 Å². The molecule has 5 aromatic carbocycles. The highest BCUT2D eigenvalue weighted by molar-refractivity contribution is 6.34. The molecule has 0 radical (unpaired) electrons. The van der Waals surface area contributed by atoms with Gasteiger partial charge in [-0.3, -0.25) is 9.59 Å². The van der Waals surface area contributed by atoms with Crippen LogP contribution >= 0.6 is 0 Å². The van der Waals surface area contributed by atoms with E-state index in [1.165, 1.54) is 37.7 Å². The van der Waals surface area contributed by atoms with Crippen LogP contribution in [-0.2, 0) is 4.79 Å². The van der Waals surface area contributed by atoms with Crippen LogP contribution in [0.25, 0.3) is 43.1 Å². The predicted octanol–water partition coefficient (Wildman–Crippen LogP) is 7.35. The van der Waals surface area contributed by atoms with Crippen molar-refractivity contribution in [3.8, 4) is 0 Å². The molecule has 0 heterocycles. The minimum absolute atomic E-state index is 0.166. The summed E-state index contributed by atoms with van der Waals surface area (Å²) in [4.78, 5) is 23.7. The standard InChI is InChI=1S/C28H24O3/c29-25(14-3-1-2-4-15-26(30)31)19-16-17-24-22-11-6-9-18-8-5-10-21(27(18)22)23-13-7-12-20(19)28(23)24/h5-13,16-17H,1-4,14-15H2,(H,30,31). The monoisotopic (exact) mass is 408 g/mol. The zero-order chi connectivity index (χ0) is 21.4. The first kappa shape index (κ1) is 19.5. The first-order valence-electron chi connectivity index (χ1n) is 11.0. The first-order valence-corrected chi connectivity index (χ1v) is 11.0. The summed E-state index contributed by atoms with van der Waals surface area (Å²) in [6.07, 6.45) is 3.91. The molecule has 0 unspecified atom stereocenters. The number of carboxylic acid groups (broad SMARTS) is 1. The Balaban J connectivity index is 1.53. The van der Waals surface area contributed by atoms with E-state index >= 15 is 0 Å². The van der Waals surface area contributed by atoms with E-state index in [4.69, 9.17) is 5.11 Å². The molecule has 0 aliphatic heterocycles. The number of aliphatic carboxylic acids is 1. The summed E-state index contributed by atoms with van der Waals surface area (Å²) < 4.78 is 0. The van der Waals surface area contributed by atoms with Gasteiger partial charge in [-0.05, 0) is 55.9 Å². The van der Waals surface area contributed by atoms with Crippen molar-refractivity contribution in [3.05, 3.63) is 72.3 Å². The summed E-state index contributed by atoms with van der Waals surface area (Å²) in [5.74, 6) is -0.587. The number of benzene rings is 5. The summed E-state index contributed by atoms with van der Waals surface area (Å²) in [6.45, 7) is 0. The zero-order valence-electron chi connectivity index (χ0n) is 17.4. The Morgan fingerprint density at radius 2 is 1.13 bits per heavy atom. The molecule has 154 valence electrons. The molecule has 5 rings (SSSR count). The Morgan fingerprint density at radius 1 is 0.581 bits per heavy atom. The molecule has 3 heteroatoms. The van der Waals surface area contributed by atoms with Crippen molar-refractivity contribution in [2.75, 3.05) is 0 Å². The lowest BCUT2D eigenvalue weighted by Crippen LogP contribution is -2.01. The number of Topliss-reactive ketones (excluding diaryl/α,β-unsaturated/α-hetero) is 1. The molecule has 3 nitrogen and oxygen atoms in total. The lowest BCUT2D eigenvalue weighted by molar-refractivity contribution is -0.137. The predicted molar refractivity (Wildman–Crippen MR) is 127 cm³/mol. The van der Waals surface area contributed by atoms with Crippen molar-refractivity contribution in [2.45, 2.75) is 38.5 Å². The van der Waals surface area contributed by atoms with Crippen molar-refractivity contribution in [3.63, 3.8) is 0 Å². The maximum Gasteiger partial charge on any atom is 0.303 e. The Kier molecular flexibility index (Phi) is 5.03.